The number of aromatic nitrogens is 3. The van der Waals surface area contributed by atoms with Crippen LogP contribution >= 0.6 is 0 Å². The summed E-state index contributed by atoms with van der Waals surface area (Å²) in [5.74, 6) is -0.342. The van der Waals surface area contributed by atoms with Gasteiger partial charge >= 0.3 is 6.18 Å². The lowest BCUT2D eigenvalue weighted by Crippen LogP contribution is -2.07. The molecular weight excluding hydrogens is 347 g/mol. The van der Waals surface area contributed by atoms with Gasteiger partial charge < -0.3 is 4.42 Å². The van der Waals surface area contributed by atoms with Gasteiger partial charge in [-0.2, -0.15) is 13.2 Å². The molecule has 0 aliphatic heterocycles. The first-order valence-corrected chi connectivity index (χ1v) is 8.39. The molecule has 126 valence electrons. The second-order valence-electron chi connectivity index (χ2n) is 4.82. The van der Waals surface area contributed by atoms with Crippen LogP contribution in [0.4, 0.5) is 13.2 Å². The maximum Gasteiger partial charge on any atom is 0.417 e. The van der Waals surface area contributed by atoms with E-state index in [9.17, 15) is 21.6 Å². The van der Waals surface area contributed by atoms with E-state index in [4.69, 9.17) is 4.42 Å². The zero-order valence-corrected chi connectivity index (χ0v) is 13.0. The van der Waals surface area contributed by atoms with Gasteiger partial charge in [-0.1, -0.05) is 6.92 Å². The van der Waals surface area contributed by atoms with Crippen molar-refractivity contribution in [1.29, 1.82) is 0 Å². The lowest BCUT2D eigenvalue weighted by atomic mass is 10.2. The molecule has 0 unspecified atom stereocenters. The lowest BCUT2D eigenvalue weighted by molar-refractivity contribution is -0.137. The monoisotopic (exact) mass is 357 g/mol. The molecule has 0 aromatic carbocycles. The standard InChI is InChI=1S/C14H10F3N3O3S/c1-2-24(21,22)13-9(4-3-5-18-13)11-20-10-6-8(14(15,16)17)7-19-12(10)23-11/h3-7H,2H2,1H3. The quantitative estimate of drug-likeness (QED) is 0.716. The van der Waals surface area contributed by atoms with Crippen molar-refractivity contribution in [2.45, 2.75) is 18.1 Å². The highest BCUT2D eigenvalue weighted by atomic mass is 32.2. The summed E-state index contributed by atoms with van der Waals surface area (Å²) in [7, 11) is -3.66. The minimum atomic E-state index is -4.56. The summed E-state index contributed by atoms with van der Waals surface area (Å²) >= 11 is 0. The van der Waals surface area contributed by atoms with Gasteiger partial charge in [-0.15, -0.1) is 0 Å². The fourth-order valence-corrected chi connectivity index (χ4v) is 3.02. The summed E-state index contributed by atoms with van der Waals surface area (Å²) in [6.45, 7) is 1.46. The average molecular weight is 357 g/mol. The molecule has 0 aliphatic carbocycles. The molecule has 3 heterocycles. The van der Waals surface area contributed by atoms with Crippen molar-refractivity contribution < 1.29 is 26.0 Å². The van der Waals surface area contributed by atoms with Crippen molar-refractivity contribution in [2.75, 3.05) is 5.75 Å². The van der Waals surface area contributed by atoms with Crippen molar-refractivity contribution in [3.05, 3.63) is 36.2 Å². The SMILES string of the molecule is CCS(=O)(=O)c1ncccc1-c1nc2cc(C(F)(F)F)cnc2o1. The summed E-state index contributed by atoms with van der Waals surface area (Å²) in [5, 5.41) is -0.241. The van der Waals surface area contributed by atoms with E-state index in [1.54, 1.807) is 0 Å². The molecule has 0 bridgehead atoms. The van der Waals surface area contributed by atoms with Crippen LogP contribution in [0.5, 0.6) is 0 Å². The Morgan fingerprint density at radius 1 is 1.25 bits per heavy atom. The van der Waals surface area contributed by atoms with Crippen LogP contribution in [0.2, 0.25) is 0 Å². The molecule has 3 aromatic heterocycles. The number of oxazole rings is 1. The molecule has 0 saturated carbocycles. The van der Waals surface area contributed by atoms with Crippen LogP contribution in [0.25, 0.3) is 22.7 Å². The van der Waals surface area contributed by atoms with Gasteiger partial charge in [0.1, 0.15) is 5.52 Å². The first-order chi connectivity index (χ1) is 11.2. The van der Waals surface area contributed by atoms with Gasteiger partial charge in [0.15, 0.2) is 14.9 Å². The van der Waals surface area contributed by atoms with Crippen LogP contribution in [0.3, 0.4) is 0 Å². The maximum absolute atomic E-state index is 12.7. The first kappa shape index (κ1) is 16.4. The third-order valence-electron chi connectivity index (χ3n) is 3.25. The molecule has 3 rings (SSSR count). The minimum Gasteiger partial charge on any atom is -0.418 e. The topological polar surface area (TPSA) is 86.0 Å². The molecule has 0 atom stereocenters. The molecule has 0 radical (unpaired) electrons. The van der Waals surface area contributed by atoms with E-state index in [0.717, 1.165) is 6.07 Å². The number of nitrogens with zero attached hydrogens (tertiary/aromatic N) is 3. The van der Waals surface area contributed by atoms with Crippen LogP contribution in [-0.2, 0) is 16.0 Å². The van der Waals surface area contributed by atoms with Crippen LogP contribution in [-0.4, -0.2) is 29.1 Å². The molecule has 0 N–H and O–H groups in total. The Hall–Kier alpha value is -2.49. The Labute approximate surface area is 134 Å². The number of sulfone groups is 1. The molecule has 0 spiro atoms. The molecule has 0 amide bonds. The highest BCUT2D eigenvalue weighted by molar-refractivity contribution is 7.91. The zero-order chi connectivity index (χ0) is 17.5. The zero-order valence-electron chi connectivity index (χ0n) is 12.2. The number of alkyl halides is 3. The van der Waals surface area contributed by atoms with Gasteiger partial charge in [0.2, 0.25) is 11.6 Å². The average Bonchev–Trinajstić information content (AvgIpc) is 2.97. The molecular formula is C14H10F3N3O3S. The van der Waals surface area contributed by atoms with Crippen molar-refractivity contribution in [3.63, 3.8) is 0 Å². The number of fused-ring (bicyclic) bond motifs is 1. The van der Waals surface area contributed by atoms with Crippen LogP contribution in [0, 0.1) is 0 Å². The fraction of sp³-hybridized carbons (Fsp3) is 0.214. The number of halogens is 3. The van der Waals surface area contributed by atoms with Gasteiger partial charge in [-0.3, -0.25) is 0 Å². The van der Waals surface area contributed by atoms with E-state index in [-0.39, 0.29) is 33.5 Å². The first-order valence-electron chi connectivity index (χ1n) is 6.74. The van der Waals surface area contributed by atoms with Crippen LogP contribution in [0.15, 0.2) is 40.0 Å². The Kier molecular flexibility index (Phi) is 3.78. The molecule has 6 nitrogen and oxygen atoms in total. The third kappa shape index (κ3) is 2.84. The molecule has 24 heavy (non-hydrogen) atoms. The van der Waals surface area contributed by atoms with Gasteiger partial charge in [-0.25, -0.2) is 23.4 Å². The summed E-state index contributed by atoms with van der Waals surface area (Å²) in [4.78, 5) is 11.4. The Balaban J connectivity index is 2.18. The smallest absolute Gasteiger partial charge is 0.417 e. The van der Waals surface area contributed by atoms with Gasteiger partial charge in [0.25, 0.3) is 0 Å². The van der Waals surface area contributed by atoms with Gasteiger partial charge in [-0.05, 0) is 18.2 Å². The Morgan fingerprint density at radius 2 is 2.00 bits per heavy atom. The number of hydrogen-bond acceptors (Lipinski definition) is 6. The van der Waals surface area contributed by atoms with Gasteiger partial charge in [0.05, 0.1) is 16.9 Å². The minimum absolute atomic E-state index is 0.0749. The summed E-state index contributed by atoms with van der Waals surface area (Å²) in [6.07, 6.45) is -2.63. The maximum atomic E-state index is 12.7. The molecule has 0 aliphatic rings. The van der Waals surface area contributed by atoms with E-state index in [1.807, 2.05) is 0 Å². The van der Waals surface area contributed by atoms with Crippen molar-refractivity contribution >= 4 is 21.1 Å². The summed E-state index contributed by atoms with van der Waals surface area (Å²) < 4.78 is 67.7. The highest BCUT2D eigenvalue weighted by Crippen LogP contribution is 2.32. The number of hydrogen-bond donors (Lipinski definition) is 0. The fourth-order valence-electron chi connectivity index (χ4n) is 2.03. The van der Waals surface area contributed by atoms with Gasteiger partial charge in [0, 0.05) is 12.4 Å². The summed E-state index contributed by atoms with van der Waals surface area (Å²) in [6, 6.07) is 3.69. The second kappa shape index (κ2) is 5.55. The Bertz CT molecular complexity index is 1010. The van der Waals surface area contributed by atoms with Crippen molar-refractivity contribution in [1.82, 2.24) is 15.0 Å². The predicted octanol–water partition coefficient (Wildman–Crippen LogP) is 3.10. The van der Waals surface area contributed by atoms with E-state index >= 15 is 0 Å². The number of rotatable bonds is 3. The van der Waals surface area contributed by atoms with E-state index in [2.05, 4.69) is 15.0 Å². The molecule has 0 fully saturated rings. The predicted molar refractivity (Wildman–Crippen MR) is 77.8 cm³/mol. The second-order valence-corrected chi connectivity index (χ2v) is 7.02. The molecule has 0 saturated heterocycles. The van der Waals surface area contributed by atoms with E-state index in [1.165, 1.54) is 25.3 Å². The summed E-state index contributed by atoms with van der Waals surface area (Å²) in [5.41, 5.74) is -1.14. The molecule has 3 aromatic rings. The van der Waals surface area contributed by atoms with E-state index < -0.39 is 21.6 Å². The third-order valence-corrected chi connectivity index (χ3v) is 4.93. The Morgan fingerprint density at radius 3 is 2.67 bits per heavy atom. The van der Waals surface area contributed by atoms with Crippen molar-refractivity contribution in [3.8, 4) is 11.5 Å². The normalized spacial score (nSPS) is 12.7. The highest BCUT2D eigenvalue weighted by Gasteiger charge is 2.32. The molecule has 10 heteroatoms. The largest absolute Gasteiger partial charge is 0.418 e. The van der Waals surface area contributed by atoms with Crippen molar-refractivity contribution in [2.24, 2.45) is 0 Å². The number of pyridine rings is 2. The van der Waals surface area contributed by atoms with Crippen LogP contribution in [0.1, 0.15) is 12.5 Å². The lowest BCUT2D eigenvalue weighted by Gasteiger charge is -2.04. The van der Waals surface area contributed by atoms with Crippen LogP contribution < -0.4 is 0 Å². The van der Waals surface area contributed by atoms with E-state index in [0.29, 0.717) is 6.20 Å².